The number of hydrogen-bond acceptors (Lipinski definition) is 17. The van der Waals surface area contributed by atoms with Crippen LogP contribution in [0.1, 0.15) is 43.1 Å². The van der Waals surface area contributed by atoms with Crippen molar-refractivity contribution in [2.75, 3.05) is 0 Å². The van der Waals surface area contributed by atoms with Crippen LogP contribution in [0.5, 0.6) is 0 Å². The molecule has 13 rings (SSSR count). The molecule has 0 saturated heterocycles. The molecule has 14 nitrogen and oxygen atoms in total. The summed E-state index contributed by atoms with van der Waals surface area (Å²) >= 11 is 3.38. The van der Waals surface area contributed by atoms with Crippen LogP contribution in [0.15, 0.2) is 210 Å². The van der Waals surface area contributed by atoms with Crippen LogP contribution in [-0.2, 0) is 75.4 Å². The molecule has 0 saturated carbocycles. The highest BCUT2D eigenvalue weighted by Gasteiger charge is 2.62. The molecule has 0 unspecified atom stereocenters. The zero-order chi connectivity index (χ0) is 55.6. The Morgan fingerprint density at radius 2 is 0.605 bits per heavy atom. The van der Waals surface area contributed by atoms with Gasteiger partial charge in [-0.3, -0.25) is 38.4 Å². The van der Waals surface area contributed by atoms with Crippen LogP contribution in [0.4, 0.5) is 0 Å². The van der Waals surface area contributed by atoms with E-state index in [9.17, 15) is 19.2 Å². The molecule has 2 aliphatic carbocycles. The van der Waals surface area contributed by atoms with Crippen molar-refractivity contribution in [3.63, 3.8) is 0 Å². The lowest BCUT2D eigenvalue weighted by Gasteiger charge is -2.27. The van der Waals surface area contributed by atoms with E-state index in [-0.39, 0.29) is 70.5 Å². The van der Waals surface area contributed by atoms with Gasteiger partial charge in [0, 0.05) is 42.4 Å². The number of hydrogen-bond donors (Lipinski definition) is 0. The van der Waals surface area contributed by atoms with Crippen molar-refractivity contribution in [1.29, 1.82) is 0 Å². The fraction of sp³-hybridized carbons (Fsp3) is 0.0938. The lowest BCUT2D eigenvalue weighted by atomic mass is 9.80. The van der Waals surface area contributed by atoms with E-state index in [1.54, 1.807) is 146 Å². The van der Waals surface area contributed by atoms with Gasteiger partial charge in [0.15, 0.2) is 10.7 Å². The number of benzene rings is 6. The topological polar surface area (TPSA) is 198 Å². The minimum absolute atomic E-state index is 0.0748. The fourth-order valence-corrected chi connectivity index (χ4v) is 15.2. The molecule has 0 fully saturated rings. The molecule has 0 spiro atoms. The number of carbonyl (C=O) groups excluding carboxylic acids is 4. The van der Waals surface area contributed by atoms with Crippen molar-refractivity contribution >= 4 is 110 Å². The molecule has 394 valence electrons. The first-order valence-corrected chi connectivity index (χ1v) is 27.8. The number of ether oxygens (including phenoxy) is 4. The minimum Gasteiger partial charge on any atom is -0.459 e. The third-order valence-electron chi connectivity index (χ3n) is 14.5. The summed E-state index contributed by atoms with van der Waals surface area (Å²) in [7, 11) is 0. The van der Waals surface area contributed by atoms with Gasteiger partial charge in [-0.1, -0.05) is 170 Å². The second kappa shape index (κ2) is 20.2. The van der Waals surface area contributed by atoms with Crippen molar-refractivity contribution in [1.82, 2.24) is 0 Å². The van der Waals surface area contributed by atoms with E-state index in [2.05, 4.69) is 9.98 Å². The molecule has 2 aliphatic rings. The first kappa shape index (κ1) is 50.8. The average molecular weight is 1120 g/mol. The summed E-state index contributed by atoms with van der Waals surface area (Å²) < 4.78 is 26.3. The fourth-order valence-electron chi connectivity index (χ4n) is 10.6. The summed E-state index contributed by atoms with van der Waals surface area (Å²) in [5, 5.41) is -0.636. The first-order chi connectivity index (χ1) is 39.5. The third-order valence-corrected chi connectivity index (χ3v) is 18.4. The summed E-state index contributed by atoms with van der Waals surface area (Å²) in [6.45, 7) is -1.21. The molecule has 0 atom stereocenters. The summed E-state index contributed by atoms with van der Waals surface area (Å²) in [4.78, 5) is 129. The molecule has 0 aliphatic heterocycles. The lowest BCUT2D eigenvalue weighted by Crippen LogP contribution is -2.47. The zero-order valence-corrected chi connectivity index (χ0v) is 44.6. The van der Waals surface area contributed by atoms with Gasteiger partial charge in [0.1, 0.15) is 26.4 Å². The highest BCUT2D eigenvalue weighted by Crippen LogP contribution is 2.60. The number of fused-ring (bicyclic) bond motifs is 9. The summed E-state index contributed by atoms with van der Waals surface area (Å²) in [6, 6.07) is 47.6. The van der Waals surface area contributed by atoms with Crippen LogP contribution in [0.25, 0.3) is 52.5 Å². The predicted molar refractivity (Wildman–Crippen MR) is 308 cm³/mol. The molecule has 0 amide bonds. The van der Waals surface area contributed by atoms with Crippen LogP contribution in [-0.4, -0.2) is 23.9 Å². The number of rotatable bonds is 14. The molecule has 81 heavy (non-hydrogen) atoms. The number of thiophene rings is 3. The Labute approximate surface area is 469 Å². The second-order valence-electron chi connectivity index (χ2n) is 19.2. The van der Waals surface area contributed by atoms with Gasteiger partial charge in [-0.05, 0) is 34.4 Å². The van der Waals surface area contributed by atoms with E-state index in [1.807, 2.05) is 0 Å². The van der Waals surface area contributed by atoms with Gasteiger partial charge in [-0.25, -0.2) is 9.98 Å². The molecular weight excluding hydrogens is 1080 g/mol. The van der Waals surface area contributed by atoms with Crippen LogP contribution < -0.4 is 32.4 Å². The van der Waals surface area contributed by atoms with Crippen LogP contribution in [0.2, 0.25) is 0 Å². The molecule has 11 aromatic rings. The van der Waals surface area contributed by atoms with Crippen molar-refractivity contribution in [2.24, 2.45) is 9.98 Å². The molecular formula is C64H38N2O12S3. The maximum atomic E-state index is 15.6. The van der Waals surface area contributed by atoms with Gasteiger partial charge in [0.25, 0.3) is 0 Å². The van der Waals surface area contributed by atoms with E-state index in [4.69, 9.17) is 18.9 Å². The van der Waals surface area contributed by atoms with Crippen molar-refractivity contribution in [2.45, 2.75) is 37.3 Å². The van der Waals surface area contributed by atoms with Crippen molar-refractivity contribution in [3.05, 3.63) is 276 Å². The van der Waals surface area contributed by atoms with Gasteiger partial charge in [0.05, 0.1) is 30.2 Å². The number of nitrogens with zero attached hydrogens (tertiary/aromatic N) is 2. The van der Waals surface area contributed by atoms with E-state index in [1.165, 1.54) is 59.1 Å². The smallest absolute Gasteiger partial charge is 0.334 e. The molecule has 3 aromatic heterocycles. The van der Waals surface area contributed by atoms with Crippen molar-refractivity contribution in [3.8, 4) is 0 Å². The number of esters is 4. The lowest BCUT2D eigenvalue weighted by molar-refractivity contribution is -0.166. The van der Waals surface area contributed by atoms with Crippen LogP contribution >= 0.6 is 34.0 Å². The van der Waals surface area contributed by atoms with E-state index in [0.717, 1.165) is 11.3 Å². The predicted octanol–water partition coefficient (Wildman–Crippen LogP) is 9.04. The maximum Gasteiger partial charge on any atom is 0.334 e. The Morgan fingerprint density at radius 3 is 0.877 bits per heavy atom. The SMILES string of the molecule is O=C(OCc1ccccc1)C1(C(=O)OCc2ccccc2)C(N=c2c(=O)c3ccccc3c2=O)=Cc2sc3c(sc4c5c(sc43)C=C(N=c3c(=O)c4ccccc4c3=O)C5(C(=O)OCc3ccccc3)C(=O)OCc3ccccc3)c21. The minimum atomic E-state index is -2.59. The van der Waals surface area contributed by atoms with Gasteiger partial charge in [-0.15, -0.1) is 34.0 Å². The van der Waals surface area contributed by atoms with Gasteiger partial charge >= 0.3 is 23.9 Å². The summed E-state index contributed by atoms with van der Waals surface area (Å²) in [6.07, 6.45) is 2.97. The molecule has 0 bridgehead atoms. The van der Waals surface area contributed by atoms with Crippen LogP contribution in [0.3, 0.4) is 0 Å². The standard InChI is InChI=1S/C64H38N2O12S3/c67-51-39-25-13-14-26-40(39)52(68)49(51)65-45-29-43-47(63(45,59(71)75-31-35-17-5-1-6-18-35)60(72)76-32-36-19-7-2-8-20-36)55-57(79-43)58-56(81-55)48-44(80-58)30-46(66-50-53(69)41-27-15-16-28-42(41)54(50)70)64(48,61(73)77-33-37-21-9-3-10-22-37)62(74)78-34-38-23-11-4-12-24-38/h1-30H,31-34H2. The van der Waals surface area contributed by atoms with E-state index >= 15 is 19.2 Å². The largest absolute Gasteiger partial charge is 0.459 e. The molecule has 3 heterocycles. The first-order valence-electron chi connectivity index (χ1n) is 25.3. The Kier molecular flexibility index (Phi) is 12.7. The molecule has 8 aromatic carbocycles. The molecule has 0 N–H and O–H groups in total. The van der Waals surface area contributed by atoms with Crippen molar-refractivity contribution < 1.29 is 38.1 Å². The summed E-state index contributed by atoms with van der Waals surface area (Å²) in [5.74, 6) is -4.48. The van der Waals surface area contributed by atoms with E-state index < -0.39 is 67.1 Å². The Balaban J connectivity index is 1.06. The molecule has 0 radical (unpaired) electrons. The third kappa shape index (κ3) is 8.18. The monoisotopic (exact) mass is 1120 g/mol. The zero-order valence-electron chi connectivity index (χ0n) is 42.2. The Hall–Kier alpha value is -9.68. The Bertz CT molecular complexity index is 4310. The maximum absolute atomic E-state index is 15.6. The highest BCUT2D eigenvalue weighted by atomic mass is 32.1. The second-order valence-corrected chi connectivity index (χ2v) is 22.4. The highest BCUT2D eigenvalue weighted by molar-refractivity contribution is 7.39. The normalized spacial score (nSPS) is 13.9. The number of carbonyl (C=O) groups is 4. The van der Waals surface area contributed by atoms with Gasteiger partial charge < -0.3 is 18.9 Å². The van der Waals surface area contributed by atoms with E-state index in [0.29, 0.717) is 50.8 Å². The van der Waals surface area contributed by atoms with Gasteiger partial charge in [0.2, 0.25) is 32.5 Å². The molecule has 17 heteroatoms. The van der Waals surface area contributed by atoms with Gasteiger partial charge in [-0.2, -0.15) is 0 Å². The average Bonchev–Trinajstić information content (AvgIpc) is 3.38. The van der Waals surface area contributed by atoms with Crippen LogP contribution in [0, 0.1) is 0 Å². The Morgan fingerprint density at radius 1 is 0.346 bits per heavy atom. The summed E-state index contributed by atoms with van der Waals surface area (Å²) in [5.41, 5.74) is -6.15. The quantitative estimate of drug-likeness (QED) is 0.0570.